The molecule has 1 amide bonds. The lowest BCUT2D eigenvalue weighted by molar-refractivity contribution is -0.116. The lowest BCUT2D eigenvalue weighted by Gasteiger charge is -2.17. The summed E-state index contributed by atoms with van der Waals surface area (Å²) in [5, 5.41) is 2.92. The number of nitrogens with one attached hydrogen (secondary N) is 1. The number of halogens is 3. The van der Waals surface area contributed by atoms with E-state index in [1.54, 1.807) is 0 Å². The van der Waals surface area contributed by atoms with Crippen molar-refractivity contribution in [2.24, 2.45) is 0 Å². The Hall–Kier alpha value is -1.68. The number of thioether (sulfide) groups is 1. The average Bonchev–Trinajstić information content (AvgIpc) is 2.56. The van der Waals surface area contributed by atoms with Crippen LogP contribution in [-0.2, 0) is 14.8 Å². The number of hydrogen-bond donors (Lipinski definition) is 1. The maximum Gasteiger partial charge on any atom is 0.288 e. The van der Waals surface area contributed by atoms with Gasteiger partial charge in [-0.25, -0.2) is 8.42 Å². The van der Waals surface area contributed by atoms with Crippen LogP contribution in [-0.4, -0.2) is 38.0 Å². The van der Waals surface area contributed by atoms with Gasteiger partial charge in [0.2, 0.25) is 15.9 Å². The van der Waals surface area contributed by atoms with Crippen molar-refractivity contribution in [3.63, 3.8) is 0 Å². The van der Waals surface area contributed by atoms with Gasteiger partial charge < -0.3 is 5.32 Å². The maximum absolute atomic E-state index is 12.4. The Morgan fingerprint density at radius 3 is 2.27 bits per heavy atom. The van der Waals surface area contributed by atoms with Crippen LogP contribution in [0.4, 0.5) is 14.5 Å². The molecule has 1 N–H and O–H groups in total. The summed E-state index contributed by atoms with van der Waals surface area (Å²) in [6.45, 7) is -0.404. The van der Waals surface area contributed by atoms with E-state index in [0.717, 1.165) is 4.31 Å². The van der Waals surface area contributed by atoms with Crippen LogP contribution < -0.4 is 5.32 Å². The molecule has 0 spiro atoms. The van der Waals surface area contributed by atoms with Crippen LogP contribution in [0.15, 0.2) is 58.3 Å². The molecule has 0 fully saturated rings. The molecule has 0 unspecified atom stereocenters. The minimum absolute atomic E-state index is 0.0191. The highest BCUT2D eigenvalue weighted by atomic mass is 35.5. The highest BCUT2D eigenvalue weighted by Crippen LogP contribution is 2.26. The highest BCUT2D eigenvalue weighted by molar-refractivity contribution is 7.99. The molecule has 0 saturated heterocycles. The lowest BCUT2D eigenvalue weighted by atomic mass is 10.3. The second-order valence-electron chi connectivity index (χ2n) is 5.17. The zero-order valence-corrected chi connectivity index (χ0v) is 15.9. The molecule has 0 aliphatic carbocycles. The molecule has 140 valence electrons. The highest BCUT2D eigenvalue weighted by Gasteiger charge is 2.22. The first-order chi connectivity index (χ1) is 12.2. The normalized spacial score (nSPS) is 11.8. The van der Waals surface area contributed by atoms with Crippen molar-refractivity contribution in [1.29, 1.82) is 0 Å². The van der Waals surface area contributed by atoms with E-state index in [0.29, 0.717) is 27.4 Å². The molecule has 0 aliphatic heterocycles. The molecule has 10 heteroatoms. The van der Waals surface area contributed by atoms with Crippen LogP contribution in [0, 0.1) is 0 Å². The van der Waals surface area contributed by atoms with Crippen LogP contribution in [0.25, 0.3) is 0 Å². The van der Waals surface area contributed by atoms with Gasteiger partial charge in [0.15, 0.2) is 0 Å². The smallest absolute Gasteiger partial charge is 0.288 e. The summed E-state index contributed by atoms with van der Waals surface area (Å²) in [4.78, 5) is 12.4. The number of hydrogen-bond acceptors (Lipinski definition) is 4. The van der Waals surface area contributed by atoms with Crippen LogP contribution in [0.5, 0.6) is 0 Å². The van der Waals surface area contributed by atoms with Gasteiger partial charge in [0, 0.05) is 22.7 Å². The molecule has 0 bridgehead atoms. The van der Waals surface area contributed by atoms with Crippen LogP contribution in [0.1, 0.15) is 0 Å². The van der Waals surface area contributed by atoms with E-state index in [1.165, 1.54) is 55.6 Å². The van der Waals surface area contributed by atoms with E-state index >= 15 is 0 Å². The summed E-state index contributed by atoms with van der Waals surface area (Å²) in [5.41, 5.74) is 0.380. The number of carbonyl (C=O) groups is 1. The third-order valence-corrected chi connectivity index (χ3v) is 6.04. The van der Waals surface area contributed by atoms with E-state index in [4.69, 9.17) is 11.6 Å². The molecule has 0 atom stereocenters. The van der Waals surface area contributed by atoms with Crippen molar-refractivity contribution in [2.75, 3.05) is 18.9 Å². The SMILES string of the molecule is CN(CC(=O)Nc1ccc(SC(F)F)cc1)S(=O)(=O)c1ccc(Cl)cc1. The Kier molecular flexibility index (Phi) is 6.99. The van der Waals surface area contributed by atoms with Crippen molar-refractivity contribution in [1.82, 2.24) is 4.31 Å². The van der Waals surface area contributed by atoms with Crippen LogP contribution in [0.2, 0.25) is 5.02 Å². The van der Waals surface area contributed by atoms with Crippen molar-refractivity contribution >= 4 is 45.0 Å². The standard InChI is InChI=1S/C16H15ClF2N2O3S2/c1-21(26(23,24)14-8-2-11(17)3-9-14)10-15(22)20-12-4-6-13(7-5-12)25-16(18)19/h2-9,16H,10H2,1H3,(H,20,22). The number of nitrogens with zero attached hydrogens (tertiary/aromatic N) is 1. The van der Waals surface area contributed by atoms with Gasteiger partial charge in [0.1, 0.15) is 0 Å². The first-order valence-electron chi connectivity index (χ1n) is 7.25. The number of sulfonamides is 1. The van der Waals surface area contributed by atoms with Crippen LogP contribution in [0.3, 0.4) is 0 Å². The topological polar surface area (TPSA) is 66.5 Å². The molecule has 0 radical (unpaired) electrons. The fraction of sp³-hybridized carbons (Fsp3) is 0.188. The van der Waals surface area contributed by atoms with Gasteiger partial charge in [-0.3, -0.25) is 4.79 Å². The van der Waals surface area contributed by atoms with Gasteiger partial charge in [-0.15, -0.1) is 0 Å². The summed E-state index contributed by atoms with van der Waals surface area (Å²) in [6.07, 6.45) is 0. The molecular weight excluding hydrogens is 406 g/mol. The van der Waals surface area contributed by atoms with E-state index < -0.39 is 28.2 Å². The van der Waals surface area contributed by atoms with E-state index in [1.807, 2.05) is 0 Å². The van der Waals surface area contributed by atoms with Gasteiger partial charge in [0.25, 0.3) is 5.76 Å². The molecule has 0 saturated carbocycles. The summed E-state index contributed by atoms with van der Waals surface area (Å²) in [5.74, 6) is -3.08. The largest absolute Gasteiger partial charge is 0.325 e. The molecule has 0 aliphatic rings. The Balaban J connectivity index is 1.99. The minimum Gasteiger partial charge on any atom is -0.325 e. The van der Waals surface area contributed by atoms with Gasteiger partial charge in [-0.05, 0) is 48.5 Å². The first kappa shape index (κ1) is 20.6. The van der Waals surface area contributed by atoms with E-state index in [-0.39, 0.29) is 4.90 Å². The second-order valence-corrected chi connectivity index (χ2v) is 8.71. The zero-order chi connectivity index (χ0) is 19.3. The Morgan fingerprint density at radius 1 is 1.15 bits per heavy atom. The molecule has 0 heterocycles. The molecule has 2 aromatic rings. The number of rotatable bonds is 7. The van der Waals surface area contributed by atoms with Crippen molar-refractivity contribution < 1.29 is 22.0 Å². The van der Waals surface area contributed by atoms with Crippen molar-refractivity contribution in [2.45, 2.75) is 15.5 Å². The Morgan fingerprint density at radius 2 is 1.73 bits per heavy atom. The fourth-order valence-corrected chi connectivity index (χ4v) is 3.75. The molecule has 2 aromatic carbocycles. The summed E-state index contributed by atoms with van der Waals surface area (Å²) < 4.78 is 50.3. The predicted octanol–water partition coefficient (Wildman–Crippen LogP) is 3.91. The van der Waals surface area contributed by atoms with Crippen molar-refractivity contribution in [3.8, 4) is 0 Å². The molecule has 0 aromatic heterocycles. The average molecular weight is 421 g/mol. The summed E-state index contributed by atoms with van der Waals surface area (Å²) >= 11 is 6.13. The number of benzene rings is 2. The molecule has 26 heavy (non-hydrogen) atoms. The van der Waals surface area contributed by atoms with E-state index in [9.17, 15) is 22.0 Å². The number of anilines is 1. The molecule has 2 rings (SSSR count). The van der Waals surface area contributed by atoms with Gasteiger partial charge in [-0.1, -0.05) is 23.4 Å². The van der Waals surface area contributed by atoms with Crippen molar-refractivity contribution in [3.05, 3.63) is 53.6 Å². The fourth-order valence-electron chi connectivity index (χ4n) is 1.99. The number of alkyl halides is 2. The number of likely N-dealkylation sites (N-methyl/N-ethyl adjacent to an activating group) is 1. The van der Waals surface area contributed by atoms with Gasteiger partial charge >= 0.3 is 0 Å². The lowest BCUT2D eigenvalue weighted by Crippen LogP contribution is -2.34. The quantitative estimate of drug-likeness (QED) is 0.689. The third kappa shape index (κ3) is 5.66. The van der Waals surface area contributed by atoms with Crippen LogP contribution >= 0.6 is 23.4 Å². The maximum atomic E-state index is 12.4. The Bertz CT molecular complexity index is 860. The first-order valence-corrected chi connectivity index (χ1v) is 9.95. The van der Waals surface area contributed by atoms with Gasteiger partial charge in [-0.2, -0.15) is 13.1 Å². The van der Waals surface area contributed by atoms with Gasteiger partial charge in [0.05, 0.1) is 11.4 Å². The summed E-state index contributed by atoms with van der Waals surface area (Å²) in [7, 11) is -2.55. The zero-order valence-electron chi connectivity index (χ0n) is 13.5. The minimum atomic E-state index is -3.84. The molecular formula is C16H15ClF2N2O3S2. The third-order valence-electron chi connectivity index (χ3n) is 3.25. The summed E-state index contributed by atoms with van der Waals surface area (Å²) in [6, 6.07) is 11.4. The number of amides is 1. The second kappa shape index (κ2) is 8.81. The molecule has 5 nitrogen and oxygen atoms in total. The van der Waals surface area contributed by atoms with E-state index in [2.05, 4.69) is 5.32 Å². The number of carbonyl (C=O) groups excluding carboxylic acids is 1. The Labute approximate surface area is 159 Å². The monoisotopic (exact) mass is 420 g/mol. The predicted molar refractivity (Wildman–Crippen MR) is 98.2 cm³/mol.